The molecule has 0 radical (unpaired) electrons. The van der Waals surface area contributed by atoms with Crippen LogP contribution >= 0.6 is 0 Å². The molecular weight excluding hydrogens is 204 g/mol. The first kappa shape index (κ1) is 11.1. The molecule has 0 bridgehead atoms. The van der Waals surface area contributed by atoms with Crippen LogP contribution in [0.1, 0.15) is 23.2 Å². The number of pyridine rings is 1. The number of esters is 1. The summed E-state index contributed by atoms with van der Waals surface area (Å²) in [4.78, 5) is 15.5. The average molecular weight is 220 g/mol. The minimum absolute atomic E-state index is 0.279. The zero-order valence-electron chi connectivity index (χ0n) is 9.19. The normalized spacial score (nSPS) is 20.4. The maximum atomic E-state index is 11.6. The number of nitrogens with one attached hydrogen (secondary N) is 1. The third-order valence-electron chi connectivity index (χ3n) is 2.75. The summed E-state index contributed by atoms with van der Waals surface area (Å²) in [7, 11) is 0. The van der Waals surface area contributed by atoms with Crippen LogP contribution < -0.4 is 5.32 Å². The molecular formula is C12H16N2O2. The topological polar surface area (TPSA) is 51.2 Å². The van der Waals surface area contributed by atoms with Crippen LogP contribution in [0, 0.1) is 5.92 Å². The molecule has 1 aliphatic rings. The fourth-order valence-electron chi connectivity index (χ4n) is 1.83. The number of rotatable bonds is 3. The van der Waals surface area contributed by atoms with Gasteiger partial charge in [0.2, 0.25) is 0 Å². The molecule has 1 aromatic heterocycles. The van der Waals surface area contributed by atoms with Crippen molar-refractivity contribution in [3.63, 3.8) is 0 Å². The Morgan fingerprint density at radius 1 is 1.62 bits per heavy atom. The van der Waals surface area contributed by atoms with E-state index in [2.05, 4.69) is 10.3 Å². The molecule has 1 atom stereocenters. The maximum Gasteiger partial charge on any atom is 0.339 e. The van der Waals surface area contributed by atoms with Crippen molar-refractivity contribution >= 4 is 5.97 Å². The van der Waals surface area contributed by atoms with E-state index in [1.165, 1.54) is 6.20 Å². The first-order valence-corrected chi connectivity index (χ1v) is 5.64. The number of carbonyl (C=O) groups is 1. The fourth-order valence-corrected chi connectivity index (χ4v) is 1.83. The Hall–Kier alpha value is -1.42. The predicted octanol–water partition coefficient (Wildman–Crippen LogP) is 1.24. The zero-order valence-corrected chi connectivity index (χ0v) is 9.19. The molecule has 4 nitrogen and oxygen atoms in total. The van der Waals surface area contributed by atoms with E-state index in [9.17, 15) is 4.79 Å². The van der Waals surface area contributed by atoms with E-state index in [0.717, 1.165) is 25.9 Å². The van der Waals surface area contributed by atoms with Gasteiger partial charge in [0.1, 0.15) is 0 Å². The average Bonchev–Trinajstić information content (AvgIpc) is 2.38. The second-order valence-electron chi connectivity index (χ2n) is 4.05. The van der Waals surface area contributed by atoms with Gasteiger partial charge in [-0.3, -0.25) is 4.98 Å². The van der Waals surface area contributed by atoms with Crippen molar-refractivity contribution in [2.75, 3.05) is 19.7 Å². The number of aromatic nitrogens is 1. The summed E-state index contributed by atoms with van der Waals surface area (Å²) in [6.07, 6.45) is 5.46. The fraction of sp³-hybridized carbons (Fsp3) is 0.500. The van der Waals surface area contributed by atoms with Crippen LogP contribution in [-0.4, -0.2) is 30.6 Å². The molecule has 1 N–H and O–H groups in total. The van der Waals surface area contributed by atoms with E-state index in [1.807, 2.05) is 0 Å². The van der Waals surface area contributed by atoms with Crippen molar-refractivity contribution in [2.45, 2.75) is 12.8 Å². The Labute approximate surface area is 95.0 Å². The number of carbonyl (C=O) groups excluding carboxylic acids is 1. The second-order valence-corrected chi connectivity index (χ2v) is 4.05. The van der Waals surface area contributed by atoms with Gasteiger partial charge < -0.3 is 10.1 Å². The minimum Gasteiger partial charge on any atom is -0.462 e. The molecule has 0 saturated carbocycles. The summed E-state index contributed by atoms with van der Waals surface area (Å²) >= 11 is 0. The summed E-state index contributed by atoms with van der Waals surface area (Å²) < 4.78 is 5.25. The van der Waals surface area contributed by atoms with Crippen LogP contribution in [0.2, 0.25) is 0 Å². The van der Waals surface area contributed by atoms with Gasteiger partial charge in [0, 0.05) is 24.9 Å². The summed E-state index contributed by atoms with van der Waals surface area (Å²) in [5.74, 6) is 0.174. The molecule has 86 valence electrons. The lowest BCUT2D eigenvalue weighted by molar-refractivity contribution is 0.0420. The quantitative estimate of drug-likeness (QED) is 0.779. The standard InChI is InChI=1S/C12H16N2O2/c15-12(11-4-2-6-14-8-11)16-9-10-3-1-5-13-7-10/h2,4,6,8,10,13H,1,3,5,7,9H2. The molecule has 1 aliphatic heterocycles. The summed E-state index contributed by atoms with van der Waals surface area (Å²) in [5.41, 5.74) is 0.520. The number of ether oxygens (including phenoxy) is 1. The van der Waals surface area contributed by atoms with Crippen molar-refractivity contribution in [3.05, 3.63) is 30.1 Å². The monoisotopic (exact) mass is 220 g/mol. The van der Waals surface area contributed by atoms with Crippen molar-refractivity contribution < 1.29 is 9.53 Å². The number of piperidine rings is 1. The Bertz CT molecular complexity index is 334. The molecule has 1 aromatic rings. The van der Waals surface area contributed by atoms with Crippen LogP contribution in [-0.2, 0) is 4.74 Å². The highest BCUT2D eigenvalue weighted by atomic mass is 16.5. The summed E-state index contributed by atoms with van der Waals surface area (Å²) in [6.45, 7) is 2.52. The van der Waals surface area contributed by atoms with E-state index in [4.69, 9.17) is 4.74 Å². The predicted molar refractivity (Wildman–Crippen MR) is 60.1 cm³/mol. The van der Waals surface area contributed by atoms with Gasteiger partial charge in [-0.15, -0.1) is 0 Å². The van der Waals surface area contributed by atoms with Gasteiger partial charge in [-0.1, -0.05) is 0 Å². The molecule has 0 amide bonds. The molecule has 1 saturated heterocycles. The van der Waals surface area contributed by atoms with E-state index in [0.29, 0.717) is 18.1 Å². The molecule has 0 aliphatic carbocycles. The van der Waals surface area contributed by atoms with E-state index in [-0.39, 0.29) is 5.97 Å². The molecule has 1 unspecified atom stereocenters. The van der Waals surface area contributed by atoms with Crippen molar-refractivity contribution in [1.29, 1.82) is 0 Å². The van der Waals surface area contributed by atoms with Crippen LogP contribution in [0.15, 0.2) is 24.5 Å². The lowest BCUT2D eigenvalue weighted by Crippen LogP contribution is -2.32. The van der Waals surface area contributed by atoms with Gasteiger partial charge >= 0.3 is 5.97 Å². The van der Waals surface area contributed by atoms with Crippen LogP contribution in [0.5, 0.6) is 0 Å². The largest absolute Gasteiger partial charge is 0.462 e. The Morgan fingerprint density at radius 3 is 3.25 bits per heavy atom. The first-order valence-electron chi connectivity index (χ1n) is 5.64. The lowest BCUT2D eigenvalue weighted by Gasteiger charge is -2.22. The number of hydrogen-bond acceptors (Lipinski definition) is 4. The first-order chi connectivity index (χ1) is 7.86. The van der Waals surface area contributed by atoms with Crippen LogP contribution in [0.25, 0.3) is 0 Å². The molecule has 2 rings (SSSR count). The highest BCUT2D eigenvalue weighted by molar-refractivity contribution is 5.88. The van der Waals surface area contributed by atoms with Gasteiger partial charge in [-0.2, -0.15) is 0 Å². The number of hydrogen-bond donors (Lipinski definition) is 1. The van der Waals surface area contributed by atoms with Gasteiger partial charge in [-0.25, -0.2) is 4.79 Å². The van der Waals surface area contributed by atoms with E-state index >= 15 is 0 Å². The molecule has 1 fully saturated rings. The van der Waals surface area contributed by atoms with E-state index < -0.39 is 0 Å². The summed E-state index contributed by atoms with van der Waals surface area (Å²) in [5, 5.41) is 3.29. The Kier molecular flexibility index (Phi) is 3.88. The van der Waals surface area contributed by atoms with Gasteiger partial charge in [0.05, 0.1) is 12.2 Å². The zero-order chi connectivity index (χ0) is 11.2. The SMILES string of the molecule is O=C(OCC1CCCNC1)c1cccnc1. The van der Waals surface area contributed by atoms with E-state index in [1.54, 1.807) is 18.3 Å². The van der Waals surface area contributed by atoms with Crippen LogP contribution in [0.3, 0.4) is 0 Å². The molecule has 0 spiro atoms. The van der Waals surface area contributed by atoms with Crippen LogP contribution in [0.4, 0.5) is 0 Å². The van der Waals surface area contributed by atoms with Crippen molar-refractivity contribution in [1.82, 2.24) is 10.3 Å². The highest BCUT2D eigenvalue weighted by Gasteiger charge is 2.15. The third kappa shape index (κ3) is 3.03. The van der Waals surface area contributed by atoms with Crippen molar-refractivity contribution in [2.24, 2.45) is 5.92 Å². The Morgan fingerprint density at radius 2 is 2.56 bits per heavy atom. The third-order valence-corrected chi connectivity index (χ3v) is 2.75. The smallest absolute Gasteiger partial charge is 0.339 e. The van der Waals surface area contributed by atoms with Gasteiger partial charge in [0.15, 0.2) is 0 Å². The summed E-state index contributed by atoms with van der Waals surface area (Å²) in [6, 6.07) is 3.45. The molecule has 4 heteroatoms. The minimum atomic E-state index is -0.279. The number of nitrogens with zero attached hydrogens (tertiary/aromatic N) is 1. The Balaban J connectivity index is 1.79. The van der Waals surface area contributed by atoms with Crippen molar-refractivity contribution in [3.8, 4) is 0 Å². The maximum absolute atomic E-state index is 11.6. The molecule has 16 heavy (non-hydrogen) atoms. The second kappa shape index (κ2) is 5.61. The highest BCUT2D eigenvalue weighted by Crippen LogP contribution is 2.11. The molecule has 0 aromatic carbocycles. The lowest BCUT2D eigenvalue weighted by atomic mass is 10.0. The van der Waals surface area contributed by atoms with Gasteiger partial charge in [-0.05, 0) is 31.5 Å². The molecule has 2 heterocycles. The van der Waals surface area contributed by atoms with Gasteiger partial charge in [0.25, 0.3) is 0 Å².